The highest BCUT2D eigenvalue weighted by molar-refractivity contribution is 7.98. The van der Waals surface area contributed by atoms with E-state index >= 15 is 0 Å². The van der Waals surface area contributed by atoms with Gasteiger partial charge in [-0.25, -0.2) is 0 Å². The molecule has 1 aromatic carbocycles. The number of benzene rings is 1. The normalized spacial score (nSPS) is 15.7. The predicted octanol–water partition coefficient (Wildman–Crippen LogP) is 3.46. The van der Waals surface area contributed by atoms with Crippen LogP contribution in [-0.4, -0.2) is 24.7 Å². The molecular weight excluding hydrogens is 254 g/mol. The third kappa shape index (κ3) is 2.89. The van der Waals surface area contributed by atoms with Crippen molar-refractivity contribution in [2.45, 2.75) is 43.5 Å². The molecule has 104 valence electrons. The predicted molar refractivity (Wildman–Crippen MR) is 84.5 cm³/mol. The van der Waals surface area contributed by atoms with E-state index in [-0.39, 0.29) is 5.84 Å². The molecule has 0 spiro atoms. The van der Waals surface area contributed by atoms with E-state index in [2.05, 4.69) is 24.0 Å². The summed E-state index contributed by atoms with van der Waals surface area (Å²) in [6.45, 7) is 3.16. The Bertz CT molecular complexity index is 453. The number of amidine groups is 1. The van der Waals surface area contributed by atoms with Crippen molar-refractivity contribution < 1.29 is 0 Å². The molecule has 2 rings (SSSR count). The van der Waals surface area contributed by atoms with Crippen LogP contribution in [0.2, 0.25) is 0 Å². The number of nitrogens with two attached hydrogens (primary N) is 1. The maximum absolute atomic E-state index is 7.90. The van der Waals surface area contributed by atoms with E-state index in [9.17, 15) is 0 Å². The van der Waals surface area contributed by atoms with Gasteiger partial charge in [0, 0.05) is 23.2 Å². The van der Waals surface area contributed by atoms with Crippen molar-refractivity contribution in [3.05, 3.63) is 23.8 Å². The molecule has 0 atom stereocenters. The van der Waals surface area contributed by atoms with Gasteiger partial charge in [-0.05, 0) is 38.2 Å². The van der Waals surface area contributed by atoms with E-state index in [0.717, 1.165) is 22.7 Å². The number of nitrogens with zero attached hydrogens (tertiary/aromatic N) is 1. The third-order valence-corrected chi connectivity index (χ3v) is 4.69. The fourth-order valence-corrected chi connectivity index (χ4v) is 3.67. The SMILES string of the molecule is CCN(c1cccc(SC)c1C(=N)N)C1CCCC1. The number of nitrogens with one attached hydrogen (secondary N) is 1. The van der Waals surface area contributed by atoms with Gasteiger partial charge in [0.1, 0.15) is 5.84 Å². The molecule has 1 aliphatic carbocycles. The van der Waals surface area contributed by atoms with Crippen molar-refractivity contribution in [3.63, 3.8) is 0 Å². The minimum absolute atomic E-state index is 0.177. The Hall–Kier alpha value is -1.16. The molecule has 0 amide bonds. The first-order chi connectivity index (χ1) is 9.19. The molecule has 0 saturated heterocycles. The monoisotopic (exact) mass is 277 g/mol. The molecule has 3 N–H and O–H groups in total. The van der Waals surface area contributed by atoms with Crippen LogP contribution in [0.3, 0.4) is 0 Å². The van der Waals surface area contributed by atoms with E-state index in [0.29, 0.717) is 6.04 Å². The van der Waals surface area contributed by atoms with Crippen molar-refractivity contribution in [2.75, 3.05) is 17.7 Å². The smallest absolute Gasteiger partial charge is 0.126 e. The highest BCUT2D eigenvalue weighted by atomic mass is 32.2. The fraction of sp³-hybridized carbons (Fsp3) is 0.533. The second-order valence-electron chi connectivity index (χ2n) is 4.99. The first-order valence-corrected chi connectivity index (χ1v) is 8.19. The van der Waals surface area contributed by atoms with Crippen LogP contribution in [0.4, 0.5) is 5.69 Å². The molecule has 0 aliphatic heterocycles. The molecule has 1 saturated carbocycles. The summed E-state index contributed by atoms with van der Waals surface area (Å²) in [5.41, 5.74) is 7.86. The second-order valence-corrected chi connectivity index (χ2v) is 5.84. The summed E-state index contributed by atoms with van der Waals surface area (Å²) in [5, 5.41) is 7.90. The summed E-state index contributed by atoms with van der Waals surface area (Å²) >= 11 is 1.66. The first-order valence-electron chi connectivity index (χ1n) is 6.97. The van der Waals surface area contributed by atoms with Gasteiger partial charge in [-0.3, -0.25) is 5.41 Å². The number of rotatable bonds is 5. The van der Waals surface area contributed by atoms with E-state index in [1.54, 1.807) is 11.8 Å². The summed E-state index contributed by atoms with van der Waals surface area (Å²) in [4.78, 5) is 3.53. The van der Waals surface area contributed by atoms with Crippen LogP contribution >= 0.6 is 11.8 Å². The lowest BCUT2D eigenvalue weighted by Crippen LogP contribution is -2.35. The molecule has 1 aliphatic rings. The van der Waals surface area contributed by atoms with Crippen LogP contribution in [-0.2, 0) is 0 Å². The zero-order valence-electron chi connectivity index (χ0n) is 11.8. The summed E-state index contributed by atoms with van der Waals surface area (Å²) in [7, 11) is 0. The van der Waals surface area contributed by atoms with Crippen molar-refractivity contribution in [3.8, 4) is 0 Å². The largest absolute Gasteiger partial charge is 0.384 e. The van der Waals surface area contributed by atoms with Gasteiger partial charge in [0.2, 0.25) is 0 Å². The van der Waals surface area contributed by atoms with E-state index in [4.69, 9.17) is 11.1 Å². The van der Waals surface area contributed by atoms with E-state index in [1.807, 2.05) is 12.3 Å². The van der Waals surface area contributed by atoms with Crippen molar-refractivity contribution in [1.82, 2.24) is 0 Å². The Kier molecular flexibility index (Phi) is 4.75. The summed E-state index contributed by atoms with van der Waals surface area (Å²) in [5.74, 6) is 0.177. The highest BCUT2D eigenvalue weighted by Crippen LogP contribution is 2.34. The molecule has 0 aromatic heterocycles. The molecule has 1 aromatic rings. The van der Waals surface area contributed by atoms with Gasteiger partial charge in [0.05, 0.1) is 5.56 Å². The van der Waals surface area contributed by atoms with Crippen LogP contribution in [0.15, 0.2) is 23.1 Å². The summed E-state index contributed by atoms with van der Waals surface area (Å²) < 4.78 is 0. The van der Waals surface area contributed by atoms with Crippen LogP contribution in [0.5, 0.6) is 0 Å². The molecular formula is C15H23N3S. The molecule has 0 heterocycles. The standard InChI is InChI=1S/C15H23N3S/c1-3-18(11-7-4-5-8-11)12-9-6-10-13(19-2)14(12)15(16)17/h6,9-11H,3-5,7-8H2,1-2H3,(H3,16,17). The number of hydrogen-bond acceptors (Lipinski definition) is 3. The van der Waals surface area contributed by atoms with Gasteiger partial charge in [-0.1, -0.05) is 18.9 Å². The van der Waals surface area contributed by atoms with Gasteiger partial charge < -0.3 is 10.6 Å². The van der Waals surface area contributed by atoms with E-state index < -0.39 is 0 Å². The van der Waals surface area contributed by atoms with Crippen molar-refractivity contribution in [1.29, 1.82) is 5.41 Å². The molecule has 4 heteroatoms. The van der Waals surface area contributed by atoms with Gasteiger partial charge in [0.25, 0.3) is 0 Å². The van der Waals surface area contributed by atoms with Crippen LogP contribution in [0, 0.1) is 5.41 Å². The minimum atomic E-state index is 0.177. The van der Waals surface area contributed by atoms with Gasteiger partial charge in [-0.15, -0.1) is 11.8 Å². The number of nitrogen functional groups attached to an aromatic ring is 1. The molecule has 0 unspecified atom stereocenters. The highest BCUT2D eigenvalue weighted by Gasteiger charge is 2.24. The fourth-order valence-electron chi connectivity index (χ4n) is 3.04. The van der Waals surface area contributed by atoms with Crippen molar-refractivity contribution in [2.24, 2.45) is 5.73 Å². The van der Waals surface area contributed by atoms with Crippen LogP contribution in [0.1, 0.15) is 38.2 Å². The summed E-state index contributed by atoms with van der Waals surface area (Å²) in [6, 6.07) is 6.84. The number of thioether (sulfide) groups is 1. The minimum Gasteiger partial charge on any atom is -0.384 e. The second kappa shape index (κ2) is 6.33. The van der Waals surface area contributed by atoms with Crippen LogP contribution < -0.4 is 10.6 Å². The molecule has 3 nitrogen and oxygen atoms in total. The zero-order chi connectivity index (χ0) is 13.8. The number of hydrogen-bond donors (Lipinski definition) is 2. The Balaban J connectivity index is 2.43. The molecule has 0 bridgehead atoms. The molecule has 0 radical (unpaired) electrons. The Labute approximate surface area is 120 Å². The third-order valence-electron chi connectivity index (χ3n) is 3.91. The Morgan fingerprint density at radius 3 is 2.63 bits per heavy atom. The zero-order valence-corrected chi connectivity index (χ0v) is 12.6. The number of anilines is 1. The Morgan fingerprint density at radius 1 is 1.42 bits per heavy atom. The van der Waals surface area contributed by atoms with Gasteiger partial charge in [0.15, 0.2) is 0 Å². The average Bonchev–Trinajstić information content (AvgIpc) is 2.93. The quantitative estimate of drug-likeness (QED) is 0.492. The van der Waals surface area contributed by atoms with Crippen molar-refractivity contribution >= 4 is 23.3 Å². The maximum atomic E-state index is 7.90. The lowest BCUT2D eigenvalue weighted by molar-refractivity contribution is 0.619. The van der Waals surface area contributed by atoms with Gasteiger partial charge >= 0.3 is 0 Å². The summed E-state index contributed by atoms with van der Waals surface area (Å²) in [6.07, 6.45) is 7.19. The topological polar surface area (TPSA) is 53.1 Å². The molecule has 19 heavy (non-hydrogen) atoms. The van der Waals surface area contributed by atoms with Crippen LogP contribution in [0.25, 0.3) is 0 Å². The lowest BCUT2D eigenvalue weighted by atomic mass is 10.1. The first kappa shape index (κ1) is 14.3. The average molecular weight is 277 g/mol. The Morgan fingerprint density at radius 2 is 2.11 bits per heavy atom. The van der Waals surface area contributed by atoms with Gasteiger partial charge in [-0.2, -0.15) is 0 Å². The lowest BCUT2D eigenvalue weighted by Gasteiger charge is -2.32. The van der Waals surface area contributed by atoms with E-state index in [1.165, 1.54) is 25.7 Å². The molecule has 1 fully saturated rings. The maximum Gasteiger partial charge on any atom is 0.126 e.